The summed E-state index contributed by atoms with van der Waals surface area (Å²) in [6.45, 7) is 2.69. The Bertz CT molecular complexity index is 552. The first-order valence-electron chi connectivity index (χ1n) is 7.50. The Hall–Kier alpha value is -1.41. The number of hydrogen-bond donors (Lipinski definition) is 1. The van der Waals surface area contributed by atoms with E-state index in [9.17, 15) is 4.39 Å². The molecule has 0 amide bonds. The second kappa shape index (κ2) is 6.57. The molecule has 0 saturated carbocycles. The molecule has 2 aliphatic rings. The summed E-state index contributed by atoms with van der Waals surface area (Å²) in [5.74, 6) is 5.58. The van der Waals surface area contributed by atoms with Crippen LogP contribution in [0.25, 0.3) is 0 Å². The van der Waals surface area contributed by atoms with Crippen molar-refractivity contribution < 1.29 is 14.2 Å². The molecule has 2 heterocycles. The van der Waals surface area contributed by atoms with Crippen LogP contribution in [0.3, 0.4) is 0 Å². The van der Waals surface area contributed by atoms with Gasteiger partial charge in [0.15, 0.2) is 0 Å². The van der Waals surface area contributed by atoms with Gasteiger partial charge < -0.3 is 9.84 Å². The summed E-state index contributed by atoms with van der Waals surface area (Å²) in [6.07, 6.45) is 3.42. The minimum absolute atomic E-state index is 0.0322. The molecule has 1 aromatic rings. The normalized spacial score (nSPS) is 24.7. The lowest BCUT2D eigenvalue weighted by atomic mass is 10.1. The van der Waals surface area contributed by atoms with Gasteiger partial charge in [0, 0.05) is 31.6 Å². The van der Waals surface area contributed by atoms with Crippen molar-refractivity contribution >= 4 is 0 Å². The molecule has 0 aromatic heterocycles. The van der Waals surface area contributed by atoms with Crippen molar-refractivity contribution in [3.05, 3.63) is 35.1 Å². The first-order chi connectivity index (χ1) is 10.2. The molecule has 2 bridgehead atoms. The number of halogens is 1. The fraction of sp³-hybridized carbons (Fsp3) is 0.529. The fourth-order valence-electron chi connectivity index (χ4n) is 3.09. The Labute approximate surface area is 124 Å². The van der Waals surface area contributed by atoms with Gasteiger partial charge in [-0.05, 0) is 30.5 Å². The summed E-state index contributed by atoms with van der Waals surface area (Å²) in [6, 6.07) is 4.78. The average Bonchev–Trinajstić information content (AvgIpc) is 2.81. The van der Waals surface area contributed by atoms with Gasteiger partial charge in [-0.25, -0.2) is 4.39 Å². The predicted molar refractivity (Wildman–Crippen MR) is 78.2 cm³/mol. The van der Waals surface area contributed by atoms with Crippen molar-refractivity contribution in [2.75, 3.05) is 19.7 Å². The van der Waals surface area contributed by atoms with Crippen molar-refractivity contribution in [3.63, 3.8) is 0 Å². The van der Waals surface area contributed by atoms with E-state index in [1.165, 1.54) is 12.1 Å². The van der Waals surface area contributed by atoms with Crippen molar-refractivity contribution in [1.82, 2.24) is 4.90 Å². The molecule has 2 atom stereocenters. The Kier molecular flexibility index (Phi) is 4.54. The summed E-state index contributed by atoms with van der Waals surface area (Å²) in [5.41, 5.74) is 1.77. The van der Waals surface area contributed by atoms with Crippen molar-refractivity contribution in [2.24, 2.45) is 0 Å². The summed E-state index contributed by atoms with van der Waals surface area (Å²) >= 11 is 0. The molecule has 112 valence electrons. The first kappa shape index (κ1) is 14.5. The fourth-order valence-corrected chi connectivity index (χ4v) is 3.09. The Balaban J connectivity index is 1.74. The van der Waals surface area contributed by atoms with Crippen LogP contribution in [0.15, 0.2) is 18.2 Å². The standard InChI is InChI=1S/C17H20FNO2/c18-15-5-4-14(13(9-15)3-1-2-8-20)10-19-11-16-6-7-17(12-19)21-16/h4-5,9,16-17,20H,2,6-8,10-12H2. The summed E-state index contributed by atoms with van der Waals surface area (Å²) in [7, 11) is 0. The van der Waals surface area contributed by atoms with E-state index in [-0.39, 0.29) is 12.4 Å². The number of rotatable bonds is 3. The van der Waals surface area contributed by atoms with Gasteiger partial charge in [0.25, 0.3) is 0 Å². The molecule has 1 aromatic carbocycles. The van der Waals surface area contributed by atoms with Crippen molar-refractivity contribution in [2.45, 2.75) is 38.0 Å². The number of likely N-dealkylation sites (tertiary alicyclic amines) is 1. The third-order valence-corrected chi connectivity index (χ3v) is 4.04. The number of morpholine rings is 1. The van der Waals surface area contributed by atoms with Gasteiger partial charge in [-0.15, -0.1) is 0 Å². The van der Waals surface area contributed by atoms with E-state index in [0.717, 1.165) is 43.6 Å². The molecule has 0 spiro atoms. The maximum Gasteiger partial charge on any atom is 0.124 e. The highest BCUT2D eigenvalue weighted by Crippen LogP contribution is 2.27. The third-order valence-electron chi connectivity index (χ3n) is 4.04. The summed E-state index contributed by atoms with van der Waals surface area (Å²) < 4.78 is 19.3. The Morgan fingerprint density at radius 2 is 2.05 bits per heavy atom. The monoisotopic (exact) mass is 289 g/mol. The maximum absolute atomic E-state index is 13.4. The SMILES string of the molecule is OCCC#Cc1cc(F)ccc1CN1CC2CCC(C1)O2. The second-order valence-corrected chi connectivity index (χ2v) is 5.73. The zero-order valence-corrected chi connectivity index (χ0v) is 12.0. The Morgan fingerprint density at radius 1 is 1.29 bits per heavy atom. The van der Waals surface area contributed by atoms with Gasteiger partial charge >= 0.3 is 0 Å². The highest BCUT2D eigenvalue weighted by Gasteiger charge is 2.33. The van der Waals surface area contributed by atoms with Crippen LogP contribution in [-0.2, 0) is 11.3 Å². The molecule has 2 unspecified atom stereocenters. The van der Waals surface area contributed by atoms with Gasteiger partial charge in [0.2, 0.25) is 0 Å². The van der Waals surface area contributed by atoms with Crippen LogP contribution in [0, 0.1) is 17.7 Å². The molecule has 1 N–H and O–H groups in total. The third kappa shape index (κ3) is 3.62. The van der Waals surface area contributed by atoms with E-state index in [0.29, 0.717) is 18.6 Å². The lowest BCUT2D eigenvalue weighted by Crippen LogP contribution is -2.42. The molecule has 0 aliphatic carbocycles. The molecule has 2 saturated heterocycles. The van der Waals surface area contributed by atoms with Crippen molar-refractivity contribution in [3.8, 4) is 11.8 Å². The number of aliphatic hydroxyl groups excluding tert-OH is 1. The van der Waals surface area contributed by atoms with E-state index in [4.69, 9.17) is 9.84 Å². The maximum atomic E-state index is 13.4. The average molecular weight is 289 g/mol. The predicted octanol–water partition coefficient (Wildman–Crippen LogP) is 1.92. The van der Waals surface area contributed by atoms with Gasteiger partial charge in [0.05, 0.1) is 18.8 Å². The van der Waals surface area contributed by atoms with Crippen LogP contribution in [0.5, 0.6) is 0 Å². The number of hydrogen-bond acceptors (Lipinski definition) is 3. The largest absolute Gasteiger partial charge is 0.395 e. The second-order valence-electron chi connectivity index (χ2n) is 5.73. The lowest BCUT2D eigenvalue weighted by Gasteiger charge is -2.32. The van der Waals surface area contributed by atoms with E-state index in [2.05, 4.69) is 16.7 Å². The highest BCUT2D eigenvalue weighted by atomic mass is 19.1. The van der Waals surface area contributed by atoms with E-state index < -0.39 is 0 Å². The molecule has 3 rings (SSSR count). The number of aliphatic hydroxyl groups is 1. The van der Waals surface area contributed by atoms with Crippen LogP contribution < -0.4 is 0 Å². The van der Waals surface area contributed by atoms with Crippen molar-refractivity contribution in [1.29, 1.82) is 0 Å². The number of nitrogens with zero attached hydrogens (tertiary/aromatic N) is 1. The molecule has 2 fully saturated rings. The van der Waals surface area contributed by atoms with E-state index in [1.807, 2.05) is 6.07 Å². The lowest BCUT2D eigenvalue weighted by molar-refractivity contribution is -0.0410. The Morgan fingerprint density at radius 3 is 2.76 bits per heavy atom. The highest BCUT2D eigenvalue weighted by molar-refractivity contribution is 5.41. The van der Waals surface area contributed by atoms with E-state index in [1.54, 1.807) is 0 Å². The molecule has 4 heteroatoms. The number of fused-ring (bicyclic) bond motifs is 2. The van der Waals surface area contributed by atoms with Crippen LogP contribution in [0.2, 0.25) is 0 Å². The quantitative estimate of drug-likeness (QED) is 0.863. The van der Waals surface area contributed by atoms with Crippen LogP contribution >= 0.6 is 0 Å². The van der Waals surface area contributed by atoms with Crippen LogP contribution in [-0.4, -0.2) is 41.9 Å². The zero-order chi connectivity index (χ0) is 14.7. The zero-order valence-electron chi connectivity index (χ0n) is 12.0. The minimum atomic E-state index is -0.269. The molecule has 21 heavy (non-hydrogen) atoms. The minimum Gasteiger partial charge on any atom is -0.395 e. The smallest absolute Gasteiger partial charge is 0.124 e. The summed E-state index contributed by atoms with van der Waals surface area (Å²) in [4.78, 5) is 2.37. The van der Waals surface area contributed by atoms with Crippen LogP contribution in [0.1, 0.15) is 30.4 Å². The number of benzene rings is 1. The van der Waals surface area contributed by atoms with Gasteiger partial charge in [-0.3, -0.25) is 4.90 Å². The van der Waals surface area contributed by atoms with Gasteiger partial charge in [-0.1, -0.05) is 17.9 Å². The molecule has 2 aliphatic heterocycles. The number of ether oxygens (including phenoxy) is 1. The topological polar surface area (TPSA) is 32.7 Å². The molecular weight excluding hydrogens is 269 g/mol. The molecule has 0 radical (unpaired) electrons. The van der Waals surface area contributed by atoms with Gasteiger partial charge in [-0.2, -0.15) is 0 Å². The van der Waals surface area contributed by atoms with Gasteiger partial charge in [0.1, 0.15) is 5.82 Å². The molecule has 3 nitrogen and oxygen atoms in total. The molecular formula is C17H20FNO2. The summed E-state index contributed by atoms with van der Waals surface area (Å²) in [5, 5.41) is 8.80. The van der Waals surface area contributed by atoms with Crippen LogP contribution in [0.4, 0.5) is 4.39 Å². The first-order valence-corrected chi connectivity index (χ1v) is 7.50. The van der Waals surface area contributed by atoms with E-state index >= 15 is 0 Å².